The highest BCUT2D eigenvalue weighted by Gasteiger charge is 2.20. The molecule has 2 nitrogen and oxygen atoms in total. The van der Waals surface area contributed by atoms with Crippen LogP contribution in [-0.4, -0.2) is 12.1 Å². The van der Waals surface area contributed by atoms with Crippen LogP contribution < -0.4 is 0 Å². The second-order valence-electron chi connectivity index (χ2n) is 5.26. The molecule has 0 bridgehead atoms. The van der Waals surface area contributed by atoms with Gasteiger partial charge in [-0.1, -0.05) is 27.7 Å². The Labute approximate surface area is 88.0 Å². The summed E-state index contributed by atoms with van der Waals surface area (Å²) in [6.45, 7) is 12.4. The largest absolute Gasteiger partial charge is 0.463 e. The van der Waals surface area contributed by atoms with E-state index in [0.29, 0.717) is 11.3 Å². The second kappa shape index (κ2) is 5.38. The van der Waals surface area contributed by atoms with Crippen molar-refractivity contribution in [2.24, 2.45) is 11.3 Å². The van der Waals surface area contributed by atoms with Gasteiger partial charge in [0.25, 0.3) is 0 Å². The van der Waals surface area contributed by atoms with Crippen molar-refractivity contribution in [2.75, 3.05) is 0 Å². The van der Waals surface area contributed by atoms with E-state index in [9.17, 15) is 4.79 Å². The molecule has 14 heavy (non-hydrogen) atoms. The van der Waals surface area contributed by atoms with Gasteiger partial charge in [-0.05, 0) is 31.1 Å². The van der Waals surface area contributed by atoms with Gasteiger partial charge >= 0.3 is 5.97 Å². The SMILES string of the molecule is CC(=O)OC(C)CCC(C)C(C)(C)C. The average molecular weight is 200 g/mol. The molecule has 0 amide bonds. The molecule has 0 aliphatic heterocycles. The molecule has 0 saturated heterocycles. The lowest BCUT2D eigenvalue weighted by Crippen LogP contribution is -2.20. The van der Waals surface area contributed by atoms with Gasteiger partial charge in [0, 0.05) is 6.92 Å². The van der Waals surface area contributed by atoms with E-state index in [2.05, 4.69) is 27.7 Å². The van der Waals surface area contributed by atoms with Crippen molar-refractivity contribution >= 4 is 5.97 Å². The molecule has 84 valence electrons. The topological polar surface area (TPSA) is 26.3 Å². The van der Waals surface area contributed by atoms with Crippen LogP contribution >= 0.6 is 0 Å². The van der Waals surface area contributed by atoms with Crippen molar-refractivity contribution in [1.29, 1.82) is 0 Å². The van der Waals surface area contributed by atoms with Gasteiger partial charge in [-0.25, -0.2) is 0 Å². The fraction of sp³-hybridized carbons (Fsp3) is 0.917. The van der Waals surface area contributed by atoms with Gasteiger partial charge in [0.1, 0.15) is 0 Å². The Hall–Kier alpha value is -0.530. The number of carbonyl (C=O) groups excluding carboxylic acids is 1. The van der Waals surface area contributed by atoms with Gasteiger partial charge in [-0.15, -0.1) is 0 Å². The molecule has 0 aromatic heterocycles. The minimum absolute atomic E-state index is 0.0531. The van der Waals surface area contributed by atoms with Crippen molar-refractivity contribution in [3.05, 3.63) is 0 Å². The lowest BCUT2D eigenvalue weighted by molar-refractivity contribution is -0.145. The highest BCUT2D eigenvalue weighted by atomic mass is 16.5. The van der Waals surface area contributed by atoms with E-state index in [-0.39, 0.29) is 12.1 Å². The molecule has 0 aliphatic rings. The molecular formula is C12H24O2. The van der Waals surface area contributed by atoms with Crippen molar-refractivity contribution < 1.29 is 9.53 Å². The summed E-state index contributed by atoms with van der Waals surface area (Å²) < 4.78 is 5.07. The zero-order chi connectivity index (χ0) is 11.4. The molecule has 0 N–H and O–H groups in total. The van der Waals surface area contributed by atoms with Crippen LogP contribution in [-0.2, 0) is 9.53 Å². The summed E-state index contributed by atoms with van der Waals surface area (Å²) in [5, 5.41) is 0. The molecular weight excluding hydrogens is 176 g/mol. The quantitative estimate of drug-likeness (QED) is 0.650. The van der Waals surface area contributed by atoms with Crippen LogP contribution in [0.3, 0.4) is 0 Å². The minimum atomic E-state index is -0.180. The molecule has 0 aliphatic carbocycles. The highest BCUT2D eigenvalue weighted by molar-refractivity contribution is 5.66. The fourth-order valence-electron chi connectivity index (χ4n) is 1.26. The first-order valence-corrected chi connectivity index (χ1v) is 5.40. The van der Waals surface area contributed by atoms with Gasteiger partial charge in [0.05, 0.1) is 6.10 Å². The molecule has 2 heteroatoms. The molecule has 0 heterocycles. The lowest BCUT2D eigenvalue weighted by Gasteiger charge is -2.28. The van der Waals surface area contributed by atoms with Gasteiger partial charge in [0.15, 0.2) is 0 Å². The highest BCUT2D eigenvalue weighted by Crippen LogP contribution is 2.29. The standard InChI is InChI=1S/C12H24O2/c1-9(12(4,5)6)7-8-10(2)14-11(3)13/h9-10H,7-8H2,1-6H3. The molecule has 0 saturated carbocycles. The van der Waals surface area contributed by atoms with Crippen LogP contribution in [0.2, 0.25) is 0 Å². The zero-order valence-corrected chi connectivity index (χ0v) is 10.4. The predicted molar refractivity (Wildman–Crippen MR) is 59.1 cm³/mol. The van der Waals surface area contributed by atoms with Gasteiger partial charge < -0.3 is 4.74 Å². The maximum absolute atomic E-state index is 10.7. The molecule has 2 atom stereocenters. The first-order chi connectivity index (χ1) is 6.23. The minimum Gasteiger partial charge on any atom is -0.463 e. The van der Waals surface area contributed by atoms with Gasteiger partial charge in [-0.3, -0.25) is 4.79 Å². The summed E-state index contributed by atoms with van der Waals surface area (Å²) in [7, 11) is 0. The number of hydrogen-bond acceptors (Lipinski definition) is 2. The fourth-order valence-corrected chi connectivity index (χ4v) is 1.26. The van der Waals surface area contributed by atoms with Crippen molar-refractivity contribution in [3.63, 3.8) is 0 Å². The van der Waals surface area contributed by atoms with E-state index < -0.39 is 0 Å². The molecule has 0 fully saturated rings. The smallest absolute Gasteiger partial charge is 0.302 e. The normalized spacial score (nSPS) is 16.1. The maximum atomic E-state index is 10.7. The molecule has 0 radical (unpaired) electrons. The van der Waals surface area contributed by atoms with Crippen molar-refractivity contribution in [3.8, 4) is 0 Å². The summed E-state index contributed by atoms with van der Waals surface area (Å²) in [4.78, 5) is 10.7. The van der Waals surface area contributed by atoms with Crippen molar-refractivity contribution in [1.82, 2.24) is 0 Å². The average Bonchev–Trinajstić information content (AvgIpc) is 1.96. The van der Waals surface area contributed by atoms with Crippen LogP contribution in [0.5, 0.6) is 0 Å². The monoisotopic (exact) mass is 200 g/mol. The van der Waals surface area contributed by atoms with E-state index in [1.54, 1.807) is 0 Å². The van der Waals surface area contributed by atoms with Crippen LogP contribution in [0.15, 0.2) is 0 Å². The first kappa shape index (κ1) is 13.5. The van der Waals surface area contributed by atoms with E-state index in [4.69, 9.17) is 4.74 Å². The third-order valence-electron chi connectivity index (χ3n) is 2.85. The van der Waals surface area contributed by atoms with E-state index in [1.807, 2.05) is 6.92 Å². The van der Waals surface area contributed by atoms with Crippen LogP contribution in [0.1, 0.15) is 54.4 Å². The van der Waals surface area contributed by atoms with Gasteiger partial charge in [0.2, 0.25) is 0 Å². The number of carbonyl (C=O) groups is 1. The maximum Gasteiger partial charge on any atom is 0.302 e. The Morgan fingerprint density at radius 1 is 1.21 bits per heavy atom. The van der Waals surface area contributed by atoms with Gasteiger partial charge in [-0.2, -0.15) is 0 Å². The van der Waals surface area contributed by atoms with E-state index in [0.717, 1.165) is 12.8 Å². The Balaban J connectivity index is 3.77. The van der Waals surface area contributed by atoms with E-state index >= 15 is 0 Å². The van der Waals surface area contributed by atoms with Crippen molar-refractivity contribution in [2.45, 2.75) is 60.5 Å². The zero-order valence-electron chi connectivity index (χ0n) is 10.4. The summed E-state index contributed by atoms with van der Waals surface area (Å²) >= 11 is 0. The predicted octanol–water partition coefficient (Wildman–Crippen LogP) is 3.40. The lowest BCUT2D eigenvalue weighted by atomic mass is 9.79. The third kappa shape index (κ3) is 6.01. The summed E-state index contributed by atoms with van der Waals surface area (Å²) in [6.07, 6.45) is 2.12. The van der Waals surface area contributed by atoms with Crippen LogP contribution in [0.25, 0.3) is 0 Å². The third-order valence-corrected chi connectivity index (χ3v) is 2.85. The molecule has 2 unspecified atom stereocenters. The molecule has 0 aromatic rings. The number of hydrogen-bond donors (Lipinski definition) is 0. The molecule has 0 aromatic carbocycles. The Morgan fingerprint density at radius 3 is 2.07 bits per heavy atom. The van der Waals surface area contributed by atoms with Crippen LogP contribution in [0, 0.1) is 11.3 Å². The van der Waals surface area contributed by atoms with Crippen LogP contribution in [0.4, 0.5) is 0 Å². The molecule has 0 rings (SSSR count). The number of esters is 1. The molecule has 0 spiro atoms. The summed E-state index contributed by atoms with van der Waals surface area (Å²) in [5.74, 6) is 0.474. The Morgan fingerprint density at radius 2 is 1.71 bits per heavy atom. The first-order valence-electron chi connectivity index (χ1n) is 5.40. The number of rotatable bonds is 4. The Bertz CT molecular complexity index is 179. The second-order valence-corrected chi connectivity index (χ2v) is 5.26. The Kier molecular flexibility index (Phi) is 5.17. The summed E-state index contributed by atoms with van der Waals surface area (Å²) in [6, 6.07) is 0. The van der Waals surface area contributed by atoms with E-state index in [1.165, 1.54) is 6.92 Å². The summed E-state index contributed by atoms with van der Waals surface area (Å²) in [5.41, 5.74) is 0.343. The number of ether oxygens (including phenoxy) is 1.